The molecule has 0 saturated carbocycles. The second-order valence-corrected chi connectivity index (χ2v) is 6.00. The number of nitrogens with zero attached hydrogens (tertiary/aromatic N) is 2. The van der Waals surface area contributed by atoms with E-state index in [1.165, 1.54) is 5.56 Å². The van der Waals surface area contributed by atoms with Gasteiger partial charge in [-0.15, -0.1) is 11.8 Å². The van der Waals surface area contributed by atoms with Crippen molar-refractivity contribution in [2.75, 3.05) is 0 Å². The molecule has 2 atom stereocenters. The average molecular weight is 278 g/mol. The Kier molecular flexibility index (Phi) is 4.61. The molecule has 0 aliphatic rings. The quantitative estimate of drug-likeness (QED) is 0.911. The van der Waals surface area contributed by atoms with Gasteiger partial charge in [-0.2, -0.15) is 4.98 Å². The van der Waals surface area contributed by atoms with Crippen LogP contribution in [0.4, 0.5) is 0 Å². The van der Waals surface area contributed by atoms with Gasteiger partial charge in [-0.25, -0.2) is 0 Å². The maximum atomic E-state index is 9.42. The zero-order chi connectivity index (χ0) is 13.8. The van der Waals surface area contributed by atoms with Crippen LogP contribution in [0.5, 0.6) is 0 Å². The Bertz CT molecular complexity index is 522. The van der Waals surface area contributed by atoms with Crippen molar-refractivity contribution in [2.24, 2.45) is 0 Å². The molecule has 0 fully saturated rings. The summed E-state index contributed by atoms with van der Waals surface area (Å²) in [6, 6.07) is 8.01. The number of benzene rings is 1. The number of aliphatic hydroxyl groups is 1. The van der Waals surface area contributed by atoms with Crippen LogP contribution in [-0.4, -0.2) is 26.6 Å². The summed E-state index contributed by atoms with van der Waals surface area (Å²) in [5, 5.41) is 13.5. The topological polar surface area (TPSA) is 59.2 Å². The molecule has 1 N–H and O–H groups in total. The van der Waals surface area contributed by atoms with Crippen molar-refractivity contribution in [1.82, 2.24) is 10.1 Å². The normalized spacial score (nSPS) is 14.3. The first-order valence-electron chi connectivity index (χ1n) is 6.25. The van der Waals surface area contributed by atoms with Crippen LogP contribution in [0.2, 0.25) is 0 Å². The van der Waals surface area contributed by atoms with Crippen LogP contribution in [0.25, 0.3) is 11.4 Å². The van der Waals surface area contributed by atoms with E-state index in [2.05, 4.69) is 10.1 Å². The Morgan fingerprint density at radius 3 is 2.58 bits per heavy atom. The summed E-state index contributed by atoms with van der Waals surface area (Å²) < 4.78 is 5.22. The minimum absolute atomic E-state index is 0.148. The van der Waals surface area contributed by atoms with Crippen molar-refractivity contribution in [3.8, 4) is 11.4 Å². The number of rotatable bonds is 5. The molecule has 4 nitrogen and oxygen atoms in total. The summed E-state index contributed by atoms with van der Waals surface area (Å²) in [6.07, 6.45) is -0.343. The first kappa shape index (κ1) is 14.1. The molecular formula is C14H18N2O2S. The summed E-state index contributed by atoms with van der Waals surface area (Å²) in [5.74, 6) is 1.82. The smallest absolute Gasteiger partial charge is 0.236 e. The fourth-order valence-electron chi connectivity index (χ4n) is 1.48. The van der Waals surface area contributed by atoms with E-state index >= 15 is 0 Å². The standard InChI is InChI=1S/C14H18N2O2S/c1-9-4-6-12(7-5-9)14-15-13(18-16-14)8-19-11(3)10(2)17/h4-7,10-11,17H,8H2,1-3H3. The monoisotopic (exact) mass is 278 g/mol. The highest BCUT2D eigenvalue weighted by molar-refractivity contribution is 7.99. The van der Waals surface area contributed by atoms with Gasteiger partial charge in [-0.05, 0) is 13.8 Å². The first-order chi connectivity index (χ1) is 9.06. The number of aliphatic hydroxyl groups excluding tert-OH is 1. The summed E-state index contributed by atoms with van der Waals surface area (Å²) in [5.41, 5.74) is 2.16. The van der Waals surface area contributed by atoms with Gasteiger partial charge >= 0.3 is 0 Å². The number of hydrogen-bond donors (Lipinski definition) is 1. The summed E-state index contributed by atoms with van der Waals surface area (Å²) in [6.45, 7) is 5.80. The van der Waals surface area contributed by atoms with E-state index in [-0.39, 0.29) is 11.4 Å². The molecular weight excluding hydrogens is 260 g/mol. The minimum atomic E-state index is -0.343. The van der Waals surface area contributed by atoms with Crippen LogP contribution in [0.3, 0.4) is 0 Å². The Labute approximate surface area is 117 Å². The molecule has 0 saturated heterocycles. The molecule has 0 amide bonds. The number of hydrogen-bond acceptors (Lipinski definition) is 5. The summed E-state index contributed by atoms with van der Waals surface area (Å²) in [7, 11) is 0. The number of aromatic nitrogens is 2. The largest absolute Gasteiger partial charge is 0.392 e. The average Bonchev–Trinajstić information content (AvgIpc) is 2.85. The molecule has 0 bridgehead atoms. The van der Waals surface area contributed by atoms with Gasteiger partial charge in [-0.3, -0.25) is 0 Å². The molecule has 0 radical (unpaired) electrons. The fraction of sp³-hybridized carbons (Fsp3) is 0.429. The third-order valence-corrected chi connectivity index (χ3v) is 4.26. The highest BCUT2D eigenvalue weighted by Gasteiger charge is 2.13. The van der Waals surface area contributed by atoms with E-state index in [9.17, 15) is 5.11 Å². The maximum absolute atomic E-state index is 9.42. The predicted octanol–water partition coefficient (Wildman–Crippen LogP) is 3.05. The first-order valence-corrected chi connectivity index (χ1v) is 7.30. The lowest BCUT2D eigenvalue weighted by Crippen LogP contribution is -2.15. The van der Waals surface area contributed by atoms with Gasteiger partial charge in [-0.1, -0.05) is 41.9 Å². The van der Waals surface area contributed by atoms with Crippen LogP contribution in [0.1, 0.15) is 25.3 Å². The van der Waals surface area contributed by atoms with Crippen LogP contribution < -0.4 is 0 Å². The van der Waals surface area contributed by atoms with Crippen molar-refractivity contribution in [3.63, 3.8) is 0 Å². The molecule has 102 valence electrons. The van der Waals surface area contributed by atoms with Crippen LogP contribution in [0, 0.1) is 6.92 Å². The Morgan fingerprint density at radius 1 is 1.26 bits per heavy atom. The molecule has 1 heterocycles. The Morgan fingerprint density at radius 2 is 1.95 bits per heavy atom. The zero-order valence-corrected chi connectivity index (χ0v) is 12.1. The maximum Gasteiger partial charge on any atom is 0.236 e. The molecule has 2 rings (SSSR count). The highest BCUT2D eigenvalue weighted by atomic mass is 32.2. The van der Waals surface area contributed by atoms with Gasteiger partial charge in [0.05, 0.1) is 11.9 Å². The second-order valence-electron chi connectivity index (χ2n) is 4.63. The van der Waals surface area contributed by atoms with E-state index in [1.807, 2.05) is 38.1 Å². The van der Waals surface area contributed by atoms with Crippen LogP contribution in [0.15, 0.2) is 28.8 Å². The lowest BCUT2D eigenvalue weighted by Gasteiger charge is -2.11. The molecule has 0 aliphatic heterocycles. The third kappa shape index (κ3) is 3.81. The molecule has 1 aromatic carbocycles. The Hall–Kier alpha value is -1.33. The van der Waals surface area contributed by atoms with Gasteiger partial charge in [0.15, 0.2) is 0 Å². The van der Waals surface area contributed by atoms with Gasteiger partial charge in [0.1, 0.15) is 0 Å². The highest BCUT2D eigenvalue weighted by Crippen LogP contribution is 2.21. The van der Waals surface area contributed by atoms with Crippen molar-refractivity contribution in [3.05, 3.63) is 35.7 Å². The zero-order valence-electron chi connectivity index (χ0n) is 11.3. The summed E-state index contributed by atoms with van der Waals surface area (Å²) in [4.78, 5) is 4.36. The van der Waals surface area contributed by atoms with E-state index in [1.54, 1.807) is 18.7 Å². The third-order valence-electron chi connectivity index (χ3n) is 2.93. The summed E-state index contributed by atoms with van der Waals surface area (Å²) >= 11 is 1.60. The van der Waals surface area contributed by atoms with Crippen molar-refractivity contribution in [2.45, 2.75) is 37.9 Å². The van der Waals surface area contributed by atoms with Crippen molar-refractivity contribution in [1.29, 1.82) is 0 Å². The lowest BCUT2D eigenvalue weighted by atomic mass is 10.1. The van der Waals surface area contributed by atoms with Crippen molar-refractivity contribution >= 4 is 11.8 Å². The molecule has 5 heteroatoms. The molecule has 0 spiro atoms. The van der Waals surface area contributed by atoms with E-state index in [0.29, 0.717) is 17.5 Å². The predicted molar refractivity (Wildman–Crippen MR) is 76.9 cm³/mol. The van der Waals surface area contributed by atoms with Gasteiger partial charge < -0.3 is 9.63 Å². The fourth-order valence-corrected chi connectivity index (χ4v) is 2.28. The molecule has 2 aromatic rings. The van der Waals surface area contributed by atoms with Crippen LogP contribution >= 0.6 is 11.8 Å². The van der Waals surface area contributed by atoms with Gasteiger partial charge in [0.25, 0.3) is 0 Å². The SMILES string of the molecule is Cc1ccc(-c2noc(CSC(C)C(C)O)n2)cc1. The van der Waals surface area contributed by atoms with Gasteiger partial charge in [0.2, 0.25) is 11.7 Å². The molecule has 0 aliphatic carbocycles. The number of thioether (sulfide) groups is 1. The van der Waals surface area contributed by atoms with Gasteiger partial charge in [0, 0.05) is 10.8 Å². The lowest BCUT2D eigenvalue weighted by molar-refractivity contribution is 0.196. The van der Waals surface area contributed by atoms with E-state index in [0.717, 1.165) is 5.56 Å². The minimum Gasteiger partial charge on any atom is -0.392 e. The van der Waals surface area contributed by atoms with Crippen molar-refractivity contribution < 1.29 is 9.63 Å². The van der Waals surface area contributed by atoms with Crippen LogP contribution in [-0.2, 0) is 5.75 Å². The number of aryl methyl sites for hydroxylation is 1. The van der Waals surface area contributed by atoms with E-state index in [4.69, 9.17) is 4.52 Å². The molecule has 2 unspecified atom stereocenters. The molecule has 1 aromatic heterocycles. The Balaban J connectivity index is 2.01. The molecule has 19 heavy (non-hydrogen) atoms. The van der Waals surface area contributed by atoms with E-state index < -0.39 is 0 Å². The second kappa shape index (κ2) is 6.21.